The van der Waals surface area contributed by atoms with Crippen molar-refractivity contribution in [2.75, 3.05) is 13.2 Å². The highest BCUT2D eigenvalue weighted by atomic mass is 16.6. The van der Waals surface area contributed by atoms with E-state index in [1.165, 1.54) is 0 Å². The van der Waals surface area contributed by atoms with Crippen LogP contribution in [0.4, 0.5) is 0 Å². The smallest absolute Gasteiger partial charge is 0.320 e. The summed E-state index contributed by atoms with van der Waals surface area (Å²) in [6.07, 6.45) is -6.49. The van der Waals surface area contributed by atoms with Gasteiger partial charge < -0.3 is 41.7 Å². The van der Waals surface area contributed by atoms with Crippen LogP contribution in [-0.4, -0.2) is 87.3 Å². The summed E-state index contributed by atoms with van der Waals surface area (Å²) in [6.45, 7) is -0.353. The second kappa shape index (κ2) is 8.96. The van der Waals surface area contributed by atoms with E-state index in [-0.39, 0.29) is 18.9 Å². The van der Waals surface area contributed by atoms with Gasteiger partial charge in [0.15, 0.2) is 5.96 Å². The fourth-order valence-electron chi connectivity index (χ4n) is 2.22. The summed E-state index contributed by atoms with van der Waals surface area (Å²) < 4.78 is 5.20. The van der Waals surface area contributed by atoms with Crippen LogP contribution < -0.4 is 16.8 Å². The van der Waals surface area contributed by atoms with E-state index in [9.17, 15) is 25.2 Å². The zero-order chi connectivity index (χ0) is 17.6. The average Bonchev–Trinajstić information content (AvgIpc) is 2.49. The van der Waals surface area contributed by atoms with E-state index in [1.54, 1.807) is 0 Å². The van der Waals surface area contributed by atoms with Crippen molar-refractivity contribution in [2.45, 2.75) is 49.5 Å². The summed E-state index contributed by atoms with van der Waals surface area (Å²) in [4.78, 5) is 15.0. The summed E-state index contributed by atoms with van der Waals surface area (Å²) in [5, 5.41) is 50.0. The monoisotopic (exact) mass is 336 g/mol. The number of hydrogen-bond donors (Lipinski definition) is 8. The van der Waals surface area contributed by atoms with E-state index in [1.807, 2.05) is 0 Å². The molecule has 134 valence electrons. The molecular formula is C12H24N4O7. The van der Waals surface area contributed by atoms with Crippen LogP contribution in [0.5, 0.6) is 0 Å². The Morgan fingerprint density at radius 3 is 2.39 bits per heavy atom. The molecule has 1 rings (SSSR count). The van der Waals surface area contributed by atoms with Crippen LogP contribution in [-0.2, 0) is 9.53 Å². The third kappa shape index (κ3) is 5.57. The minimum absolute atomic E-state index is 0.0984. The number of aliphatic imine (C=N–C) groups is 1. The van der Waals surface area contributed by atoms with E-state index in [0.717, 1.165) is 0 Å². The molecule has 0 amide bonds. The zero-order valence-corrected chi connectivity index (χ0v) is 12.4. The molecule has 0 aromatic heterocycles. The Bertz CT molecular complexity index is 416. The van der Waals surface area contributed by atoms with Crippen LogP contribution in [0.1, 0.15) is 12.8 Å². The van der Waals surface area contributed by atoms with Gasteiger partial charge in [-0.25, -0.2) is 0 Å². The minimum Gasteiger partial charge on any atom is -0.480 e. The zero-order valence-electron chi connectivity index (χ0n) is 12.4. The van der Waals surface area contributed by atoms with Crippen molar-refractivity contribution in [3.05, 3.63) is 0 Å². The standard InChI is InChI=1S/C12H24N4O7/c13-12(14)15-3-1-2-5(11(21)22)16-10-9(20)8(19)7(18)6(4-17)23-10/h5-10,16-20H,1-4H2,(H,21,22)(H4,13,14,15)/t5-,6+,7+,8-,9+,10+/m0/s1. The molecule has 0 aliphatic carbocycles. The fourth-order valence-corrected chi connectivity index (χ4v) is 2.22. The third-order valence-electron chi connectivity index (χ3n) is 3.50. The number of nitrogens with one attached hydrogen (secondary N) is 1. The van der Waals surface area contributed by atoms with Gasteiger partial charge in [0, 0.05) is 6.54 Å². The number of hydrogen-bond acceptors (Lipinski definition) is 8. The van der Waals surface area contributed by atoms with Gasteiger partial charge in [-0.15, -0.1) is 0 Å². The van der Waals surface area contributed by atoms with Crippen molar-refractivity contribution in [3.63, 3.8) is 0 Å². The van der Waals surface area contributed by atoms with Gasteiger partial charge in [-0.1, -0.05) is 0 Å². The molecule has 0 bridgehead atoms. The molecule has 11 heteroatoms. The van der Waals surface area contributed by atoms with Crippen LogP contribution in [0, 0.1) is 0 Å². The lowest BCUT2D eigenvalue weighted by atomic mass is 9.97. The predicted octanol–water partition coefficient (Wildman–Crippen LogP) is -4.12. The molecule has 0 spiro atoms. The number of rotatable bonds is 8. The molecule has 0 aromatic rings. The first-order valence-electron chi connectivity index (χ1n) is 7.12. The lowest BCUT2D eigenvalue weighted by Crippen LogP contribution is -2.64. The Morgan fingerprint density at radius 2 is 1.87 bits per heavy atom. The molecule has 6 atom stereocenters. The maximum Gasteiger partial charge on any atom is 0.320 e. The van der Waals surface area contributed by atoms with E-state index in [4.69, 9.17) is 21.3 Å². The summed E-state index contributed by atoms with van der Waals surface area (Å²) in [7, 11) is 0. The van der Waals surface area contributed by atoms with Crippen molar-refractivity contribution in [1.29, 1.82) is 0 Å². The summed E-state index contributed by atoms with van der Waals surface area (Å²) in [5.74, 6) is -1.29. The maximum absolute atomic E-state index is 11.3. The van der Waals surface area contributed by atoms with Gasteiger partial charge >= 0.3 is 5.97 Å². The number of aliphatic hydroxyl groups excluding tert-OH is 4. The van der Waals surface area contributed by atoms with Crippen molar-refractivity contribution in [1.82, 2.24) is 5.32 Å². The van der Waals surface area contributed by atoms with Crippen molar-refractivity contribution in [3.8, 4) is 0 Å². The first kappa shape index (κ1) is 19.5. The maximum atomic E-state index is 11.3. The summed E-state index contributed by atoms with van der Waals surface area (Å²) >= 11 is 0. The number of guanidine groups is 1. The topological polar surface area (TPSA) is 204 Å². The van der Waals surface area contributed by atoms with E-state index >= 15 is 0 Å². The van der Waals surface area contributed by atoms with Gasteiger partial charge in [-0.3, -0.25) is 15.1 Å². The minimum atomic E-state index is -1.57. The molecule has 23 heavy (non-hydrogen) atoms. The van der Waals surface area contributed by atoms with Crippen LogP contribution in [0.15, 0.2) is 4.99 Å². The molecule has 1 aliphatic rings. The van der Waals surface area contributed by atoms with E-state index < -0.39 is 49.3 Å². The molecule has 1 aliphatic heterocycles. The number of aliphatic hydroxyl groups is 4. The van der Waals surface area contributed by atoms with Crippen LogP contribution in [0.2, 0.25) is 0 Å². The van der Waals surface area contributed by atoms with E-state index in [2.05, 4.69) is 10.3 Å². The first-order chi connectivity index (χ1) is 10.8. The number of ether oxygens (including phenoxy) is 1. The van der Waals surface area contributed by atoms with Gasteiger partial charge in [0.05, 0.1) is 6.61 Å². The molecule has 0 radical (unpaired) electrons. The number of carbonyl (C=O) groups is 1. The molecule has 0 saturated carbocycles. The number of aliphatic carboxylic acids is 1. The second-order valence-corrected chi connectivity index (χ2v) is 5.26. The third-order valence-corrected chi connectivity index (χ3v) is 3.50. The van der Waals surface area contributed by atoms with Crippen molar-refractivity contribution in [2.24, 2.45) is 16.5 Å². The predicted molar refractivity (Wildman–Crippen MR) is 78.2 cm³/mol. The summed E-state index contributed by atoms with van der Waals surface area (Å²) in [6, 6.07) is -1.09. The molecule has 0 unspecified atom stereocenters. The largest absolute Gasteiger partial charge is 0.480 e. The number of carboxylic acids is 1. The van der Waals surface area contributed by atoms with Crippen LogP contribution in [0.3, 0.4) is 0 Å². The Hall–Kier alpha value is -1.50. The quantitative estimate of drug-likeness (QED) is 0.122. The van der Waals surface area contributed by atoms with Gasteiger partial charge in [0.25, 0.3) is 0 Å². The Morgan fingerprint density at radius 1 is 1.22 bits per heavy atom. The highest BCUT2D eigenvalue weighted by Crippen LogP contribution is 2.20. The molecule has 1 heterocycles. The van der Waals surface area contributed by atoms with Crippen LogP contribution >= 0.6 is 0 Å². The SMILES string of the molecule is NC(N)=NCCC[C@H](N[C@@H]1O[C@H](CO)[C@@H](O)[C@H](O)[C@H]1O)C(=O)O. The lowest BCUT2D eigenvalue weighted by Gasteiger charge is -2.41. The average molecular weight is 336 g/mol. The fraction of sp³-hybridized carbons (Fsp3) is 0.833. The molecule has 1 fully saturated rings. The highest BCUT2D eigenvalue weighted by molar-refractivity contribution is 5.75. The lowest BCUT2D eigenvalue weighted by molar-refractivity contribution is -0.238. The van der Waals surface area contributed by atoms with Crippen molar-refractivity contribution >= 4 is 11.9 Å². The Balaban J connectivity index is 2.64. The summed E-state index contributed by atoms with van der Waals surface area (Å²) in [5.41, 5.74) is 10.3. The molecular weight excluding hydrogens is 312 g/mol. The molecule has 0 aromatic carbocycles. The van der Waals surface area contributed by atoms with E-state index in [0.29, 0.717) is 6.42 Å². The number of nitrogens with two attached hydrogens (primary N) is 2. The molecule has 11 nitrogen and oxygen atoms in total. The first-order valence-corrected chi connectivity index (χ1v) is 7.12. The van der Waals surface area contributed by atoms with Gasteiger partial charge in [0.1, 0.15) is 36.7 Å². The molecule has 1 saturated heterocycles. The second-order valence-electron chi connectivity index (χ2n) is 5.26. The van der Waals surface area contributed by atoms with Crippen molar-refractivity contribution < 1.29 is 35.1 Å². The van der Waals surface area contributed by atoms with Gasteiger partial charge in [0.2, 0.25) is 0 Å². The van der Waals surface area contributed by atoms with Gasteiger partial charge in [-0.2, -0.15) is 0 Å². The Kier molecular flexibility index (Phi) is 7.61. The number of nitrogens with zero attached hydrogens (tertiary/aromatic N) is 1. The van der Waals surface area contributed by atoms with Gasteiger partial charge in [-0.05, 0) is 12.8 Å². The normalized spacial score (nSPS) is 32.3. The highest BCUT2D eigenvalue weighted by Gasteiger charge is 2.44. The molecule has 10 N–H and O–H groups in total. The number of carboxylic acid groups (broad SMARTS) is 1. The van der Waals surface area contributed by atoms with Crippen LogP contribution in [0.25, 0.3) is 0 Å². The Labute approximate surface area is 132 Å².